The van der Waals surface area contributed by atoms with Crippen LogP contribution in [-0.4, -0.2) is 55.3 Å². The average Bonchev–Trinajstić information content (AvgIpc) is 3.25. The van der Waals surface area contributed by atoms with Crippen molar-refractivity contribution >= 4 is 32.7 Å². The van der Waals surface area contributed by atoms with Crippen LogP contribution in [0.2, 0.25) is 0 Å². The fourth-order valence-electron chi connectivity index (χ4n) is 4.34. The van der Waals surface area contributed by atoms with Gasteiger partial charge in [-0.15, -0.1) is 0 Å². The topological polar surface area (TPSA) is 77.4 Å². The molecule has 0 bridgehead atoms. The molecule has 2 rings (SSSR count). The maximum Gasteiger partial charge on any atom is 0.141 e. The Bertz CT molecular complexity index is 794. The summed E-state index contributed by atoms with van der Waals surface area (Å²) in [6.07, 6.45) is 16.1. The van der Waals surface area contributed by atoms with Crippen LogP contribution in [0.25, 0.3) is 0 Å². The van der Waals surface area contributed by atoms with Crippen molar-refractivity contribution in [1.82, 2.24) is 0 Å². The molecular formula is C26H42INO4S. The highest BCUT2D eigenvalue weighted by Crippen LogP contribution is 2.21. The summed E-state index contributed by atoms with van der Waals surface area (Å²) in [5.41, 5.74) is 0.928. The molecule has 1 aliphatic heterocycles. The monoisotopic (exact) mass is 591 g/mol. The minimum Gasteiger partial charge on any atom is -0.744 e. The first kappa shape index (κ1) is 30.4. The van der Waals surface area contributed by atoms with Crippen LogP contribution in [0.1, 0.15) is 82.6 Å². The summed E-state index contributed by atoms with van der Waals surface area (Å²) in [6, 6.07) is 5.78. The van der Waals surface area contributed by atoms with Crippen molar-refractivity contribution in [3.05, 3.63) is 29.8 Å². The number of rotatable bonds is 14. The zero-order valence-corrected chi connectivity index (χ0v) is 23.2. The van der Waals surface area contributed by atoms with E-state index in [1.165, 1.54) is 107 Å². The summed E-state index contributed by atoms with van der Waals surface area (Å²) in [5.74, 6) is 3.31. The number of likely N-dealkylation sites (tertiary alicyclic amines) is 1. The lowest BCUT2D eigenvalue weighted by atomic mass is 10.1. The van der Waals surface area contributed by atoms with Gasteiger partial charge in [0, 0.05) is 42.0 Å². The maximum absolute atomic E-state index is 10.4. The standard InChI is InChI=1S/C19H35INO.C7H8O3S/c20-14-13-18-21(16-10-11-17-21)15-9-7-5-3-1-2-4-6-8-12-19-22;1-6-2-4-7(5-3-6)11(8,9)10/h22H,1-12,15-19H2;2-5H,1H3,(H,8,9,10)/q+1;/p-1. The molecule has 188 valence electrons. The van der Waals surface area contributed by atoms with Crippen molar-refractivity contribution in [2.24, 2.45) is 0 Å². The summed E-state index contributed by atoms with van der Waals surface area (Å²) in [5, 5.41) is 8.72. The number of hydrogen-bond acceptors (Lipinski definition) is 4. The third kappa shape index (κ3) is 14.4. The number of quaternary nitrogens is 1. The van der Waals surface area contributed by atoms with Crippen molar-refractivity contribution in [3.8, 4) is 9.85 Å². The fourth-order valence-corrected chi connectivity index (χ4v) is 4.98. The first-order valence-electron chi connectivity index (χ1n) is 12.4. The molecule has 0 saturated carbocycles. The average molecular weight is 592 g/mol. The lowest BCUT2D eigenvalue weighted by Gasteiger charge is -2.32. The zero-order chi connectivity index (χ0) is 24.4. The van der Waals surface area contributed by atoms with E-state index in [9.17, 15) is 13.0 Å². The van der Waals surface area contributed by atoms with Crippen LogP contribution in [0.5, 0.6) is 0 Å². The molecule has 0 spiro atoms. The number of unbranched alkanes of at least 4 members (excludes halogenated alkanes) is 9. The SMILES string of the molecule is Cc1ccc(S(=O)(=O)[O-])cc1.OCCCCCCCCCCCC[N+]1(CC#CI)CCCC1. The summed E-state index contributed by atoms with van der Waals surface area (Å²) in [7, 11) is -4.27. The van der Waals surface area contributed by atoms with Crippen molar-refractivity contribution in [3.63, 3.8) is 0 Å². The van der Waals surface area contributed by atoms with Gasteiger partial charge in [-0.3, -0.25) is 0 Å². The third-order valence-corrected chi connectivity index (χ3v) is 7.58. The highest BCUT2D eigenvalue weighted by Gasteiger charge is 2.30. The number of aryl methyl sites for hydroxylation is 1. The van der Waals surface area contributed by atoms with Gasteiger partial charge in [0.2, 0.25) is 0 Å². The van der Waals surface area contributed by atoms with E-state index in [4.69, 9.17) is 5.11 Å². The Morgan fingerprint density at radius 3 is 1.85 bits per heavy atom. The van der Waals surface area contributed by atoms with E-state index in [-0.39, 0.29) is 4.90 Å². The molecule has 0 aromatic heterocycles. The second-order valence-electron chi connectivity index (χ2n) is 9.18. The summed E-state index contributed by atoms with van der Waals surface area (Å²) >= 11 is 2.17. The van der Waals surface area contributed by atoms with E-state index in [1.807, 2.05) is 6.92 Å². The Morgan fingerprint density at radius 2 is 1.39 bits per heavy atom. The van der Waals surface area contributed by atoms with Gasteiger partial charge in [-0.2, -0.15) is 0 Å². The number of hydrogen-bond donors (Lipinski definition) is 1. The van der Waals surface area contributed by atoms with Gasteiger partial charge in [0.1, 0.15) is 16.7 Å². The molecule has 0 radical (unpaired) electrons. The summed E-state index contributed by atoms with van der Waals surface area (Å²) < 4.78 is 35.5. The minimum atomic E-state index is -4.27. The molecular weight excluding hydrogens is 549 g/mol. The molecule has 1 saturated heterocycles. The Labute approximate surface area is 215 Å². The highest BCUT2D eigenvalue weighted by molar-refractivity contribution is 14.1. The molecule has 33 heavy (non-hydrogen) atoms. The molecule has 1 heterocycles. The third-order valence-electron chi connectivity index (χ3n) is 6.35. The highest BCUT2D eigenvalue weighted by atomic mass is 127. The van der Waals surface area contributed by atoms with E-state index in [0.717, 1.165) is 18.5 Å². The zero-order valence-electron chi connectivity index (χ0n) is 20.2. The molecule has 1 fully saturated rings. The van der Waals surface area contributed by atoms with Crippen LogP contribution in [-0.2, 0) is 10.1 Å². The van der Waals surface area contributed by atoms with Gasteiger partial charge in [0.05, 0.1) is 24.5 Å². The summed E-state index contributed by atoms with van der Waals surface area (Å²) in [6.45, 7) is 7.34. The van der Waals surface area contributed by atoms with E-state index in [2.05, 4.69) is 32.4 Å². The van der Waals surface area contributed by atoms with Crippen LogP contribution in [0, 0.1) is 16.8 Å². The Balaban J connectivity index is 0.000000412. The van der Waals surface area contributed by atoms with E-state index in [0.29, 0.717) is 6.61 Å². The van der Waals surface area contributed by atoms with Crippen molar-refractivity contribution in [2.45, 2.75) is 88.9 Å². The number of nitrogens with zero attached hydrogens (tertiary/aromatic N) is 1. The van der Waals surface area contributed by atoms with E-state index < -0.39 is 10.1 Å². The van der Waals surface area contributed by atoms with Gasteiger partial charge in [-0.25, -0.2) is 8.42 Å². The molecule has 1 N–H and O–H groups in total. The second-order valence-corrected chi connectivity index (χ2v) is 11.1. The van der Waals surface area contributed by atoms with Crippen LogP contribution < -0.4 is 0 Å². The van der Waals surface area contributed by atoms with Gasteiger partial charge in [-0.05, 0) is 48.2 Å². The molecule has 0 unspecified atom stereocenters. The molecule has 0 atom stereocenters. The van der Waals surface area contributed by atoms with Crippen LogP contribution >= 0.6 is 22.6 Å². The van der Waals surface area contributed by atoms with Gasteiger partial charge >= 0.3 is 0 Å². The lowest BCUT2D eigenvalue weighted by molar-refractivity contribution is -0.910. The van der Waals surface area contributed by atoms with Crippen molar-refractivity contribution in [1.29, 1.82) is 0 Å². The Hall–Kier alpha value is -0.660. The molecule has 5 nitrogen and oxygen atoms in total. The van der Waals surface area contributed by atoms with Crippen molar-refractivity contribution in [2.75, 3.05) is 32.8 Å². The van der Waals surface area contributed by atoms with Crippen LogP contribution in [0.4, 0.5) is 0 Å². The first-order chi connectivity index (χ1) is 15.8. The van der Waals surface area contributed by atoms with Gasteiger partial charge < -0.3 is 14.1 Å². The number of benzene rings is 1. The molecule has 0 amide bonds. The maximum atomic E-state index is 10.4. The molecule has 0 aliphatic carbocycles. The van der Waals surface area contributed by atoms with Gasteiger partial charge in [0.15, 0.2) is 0 Å². The van der Waals surface area contributed by atoms with Gasteiger partial charge in [-0.1, -0.05) is 62.6 Å². The Morgan fingerprint density at radius 1 is 0.909 bits per heavy atom. The quantitative estimate of drug-likeness (QED) is 0.0978. The predicted molar refractivity (Wildman–Crippen MR) is 143 cm³/mol. The summed E-state index contributed by atoms with van der Waals surface area (Å²) in [4.78, 5) is -0.178. The Kier molecular flexibility index (Phi) is 16.3. The molecule has 1 aliphatic rings. The molecule has 1 aromatic carbocycles. The van der Waals surface area contributed by atoms with Gasteiger partial charge in [0.25, 0.3) is 0 Å². The van der Waals surface area contributed by atoms with Crippen LogP contribution in [0.3, 0.4) is 0 Å². The van der Waals surface area contributed by atoms with E-state index in [1.54, 1.807) is 12.1 Å². The fraction of sp³-hybridized carbons (Fsp3) is 0.692. The molecule has 1 aromatic rings. The number of aliphatic hydroxyl groups is 1. The number of aliphatic hydroxyl groups excluding tert-OH is 1. The first-order valence-corrected chi connectivity index (χ1v) is 14.9. The van der Waals surface area contributed by atoms with Crippen LogP contribution in [0.15, 0.2) is 29.2 Å². The van der Waals surface area contributed by atoms with Crippen molar-refractivity contribution < 1.29 is 22.6 Å². The smallest absolute Gasteiger partial charge is 0.141 e. The molecule has 7 heteroatoms. The largest absolute Gasteiger partial charge is 0.744 e. The number of halogens is 1. The normalized spacial score (nSPS) is 14.8. The minimum absolute atomic E-state index is 0.178. The lowest BCUT2D eigenvalue weighted by Crippen LogP contribution is -2.46. The predicted octanol–water partition coefficient (Wildman–Crippen LogP) is 5.79. The second kappa shape index (κ2) is 17.7. The van der Waals surface area contributed by atoms with E-state index >= 15 is 0 Å².